The quantitative estimate of drug-likeness (QED) is 0.442. The third-order valence-electron chi connectivity index (χ3n) is 5.42. The fourth-order valence-corrected chi connectivity index (χ4v) is 4.22. The molecule has 0 spiro atoms. The second kappa shape index (κ2) is 9.71. The number of phenolic OH excluding ortho intramolecular Hbond substituents is 1. The molecule has 0 amide bonds. The van der Waals surface area contributed by atoms with Crippen LogP contribution in [0.4, 0.5) is 4.39 Å². The molecule has 7 heteroatoms. The van der Waals surface area contributed by atoms with Crippen molar-refractivity contribution in [2.75, 3.05) is 13.7 Å². The summed E-state index contributed by atoms with van der Waals surface area (Å²) in [5, 5.41) is 14.2. The first-order valence-corrected chi connectivity index (χ1v) is 11.2. The Balaban J connectivity index is 1.78. The van der Waals surface area contributed by atoms with Crippen LogP contribution in [0.2, 0.25) is 0 Å². The van der Waals surface area contributed by atoms with Crippen molar-refractivity contribution in [3.63, 3.8) is 0 Å². The van der Waals surface area contributed by atoms with Gasteiger partial charge in [0.05, 0.1) is 13.7 Å². The highest BCUT2D eigenvalue weighted by Gasteiger charge is 2.30. The number of phenols is 1. The molecule has 2 atom stereocenters. The summed E-state index contributed by atoms with van der Waals surface area (Å²) in [7, 11) is 1.62. The van der Waals surface area contributed by atoms with Crippen LogP contribution in [0.3, 0.4) is 0 Å². The van der Waals surface area contributed by atoms with E-state index in [9.17, 15) is 9.50 Å². The lowest BCUT2D eigenvalue weighted by molar-refractivity contribution is 0.313. The lowest BCUT2D eigenvalue weighted by Gasteiger charge is -2.31. The molecule has 0 saturated heterocycles. The molecule has 3 aromatic carbocycles. The van der Waals surface area contributed by atoms with Gasteiger partial charge in [0, 0.05) is 33.8 Å². The first-order valence-electron chi connectivity index (χ1n) is 10.4. The number of ether oxygens (including phenoxy) is 2. The van der Waals surface area contributed by atoms with Crippen LogP contribution >= 0.6 is 15.9 Å². The number of aromatic hydroxyl groups is 1. The van der Waals surface area contributed by atoms with Gasteiger partial charge in [-0.2, -0.15) is 0 Å². The summed E-state index contributed by atoms with van der Waals surface area (Å²) in [4.78, 5) is 4.83. The van der Waals surface area contributed by atoms with Crippen molar-refractivity contribution in [3.05, 3.63) is 87.6 Å². The normalized spacial score (nSPS) is 18.2. The van der Waals surface area contributed by atoms with Gasteiger partial charge >= 0.3 is 0 Å². The highest BCUT2D eigenvalue weighted by atomic mass is 79.9. The van der Waals surface area contributed by atoms with E-state index in [2.05, 4.69) is 21.2 Å². The number of nitrogens with zero attached hydrogens (tertiary/aromatic N) is 1. The average Bonchev–Trinajstić information content (AvgIpc) is 2.82. The van der Waals surface area contributed by atoms with Crippen LogP contribution in [0, 0.1) is 5.82 Å². The number of benzene rings is 3. The molecule has 0 bridgehead atoms. The van der Waals surface area contributed by atoms with E-state index in [0.717, 1.165) is 21.5 Å². The molecule has 1 aliphatic rings. The van der Waals surface area contributed by atoms with Gasteiger partial charge in [0.25, 0.3) is 0 Å². The number of nitrogens with one attached hydrogen (secondary N) is 1. The van der Waals surface area contributed by atoms with Crippen LogP contribution in [-0.2, 0) is 0 Å². The molecule has 166 valence electrons. The van der Waals surface area contributed by atoms with Crippen LogP contribution in [0.5, 0.6) is 17.2 Å². The minimum atomic E-state index is -0.626. The van der Waals surface area contributed by atoms with E-state index in [0.29, 0.717) is 29.9 Å². The molecule has 32 heavy (non-hydrogen) atoms. The summed E-state index contributed by atoms with van der Waals surface area (Å²) >= 11 is 3.42. The standard InChI is InChI=1S/C25H24BrFN2O3/c1-3-32-23-6-4-5-18(24(23)30)22-14-21(15-7-10-17(31-2)11-8-15)28-25(29-22)19-13-16(26)9-12-20(19)27/h4-13,22,25,29-30H,3,14H2,1-2H3. The van der Waals surface area contributed by atoms with Gasteiger partial charge in [-0.05, 0) is 61.0 Å². The van der Waals surface area contributed by atoms with E-state index in [1.165, 1.54) is 6.07 Å². The predicted octanol–water partition coefficient (Wildman–Crippen LogP) is 5.92. The summed E-state index contributed by atoms with van der Waals surface area (Å²) in [6.07, 6.45) is -0.111. The SMILES string of the molecule is CCOc1cccc(C2CC(c3ccc(OC)cc3)=NC(c3cc(Br)ccc3F)N2)c1O. The lowest BCUT2D eigenvalue weighted by Crippen LogP contribution is -2.33. The van der Waals surface area contributed by atoms with E-state index in [1.807, 2.05) is 43.3 Å². The van der Waals surface area contributed by atoms with Crippen LogP contribution in [-0.4, -0.2) is 24.5 Å². The van der Waals surface area contributed by atoms with Gasteiger partial charge in [0.2, 0.25) is 0 Å². The van der Waals surface area contributed by atoms with Crippen LogP contribution < -0.4 is 14.8 Å². The Hall–Kier alpha value is -2.90. The van der Waals surface area contributed by atoms with E-state index >= 15 is 0 Å². The maximum atomic E-state index is 14.7. The van der Waals surface area contributed by atoms with Crippen molar-refractivity contribution in [1.29, 1.82) is 0 Å². The molecule has 0 aliphatic carbocycles. The first-order chi connectivity index (χ1) is 15.5. The van der Waals surface area contributed by atoms with E-state index < -0.39 is 6.17 Å². The number of hydrogen-bond acceptors (Lipinski definition) is 5. The largest absolute Gasteiger partial charge is 0.504 e. The predicted molar refractivity (Wildman–Crippen MR) is 126 cm³/mol. The number of hydrogen-bond donors (Lipinski definition) is 2. The number of halogens is 2. The topological polar surface area (TPSA) is 63.1 Å². The van der Waals surface area contributed by atoms with Crippen molar-refractivity contribution < 1.29 is 19.0 Å². The zero-order valence-electron chi connectivity index (χ0n) is 17.8. The number of rotatable bonds is 6. The maximum Gasteiger partial charge on any atom is 0.162 e. The summed E-state index contributed by atoms with van der Waals surface area (Å²) < 4.78 is 26.3. The Labute approximate surface area is 195 Å². The van der Waals surface area contributed by atoms with Crippen LogP contribution in [0.15, 0.2) is 70.1 Å². The number of aliphatic imine (C=N–C) groups is 1. The van der Waals surface area contributed by atoms with Crippen molar-refractivity contribution in [2.45, 2.75) is 25.6 Å². The van der Waals surface area contributed by atoms with Crippen molar-refractivity contribution >= 4 is 21.6 Å². The summed E-state index contributed by atoms with van der Waals surface area (Å²) in [6.45, 7) is 2.31. The van der Waals surface area contributed by atoms with Crippen molar-refractivity contribution in [1.82, 2.24) is 5.32 Å². The van der Waals surface area contributed by atoms with Crippen LogP contribution in [0.25, 0.3) is 0 Å². The van der Waals surface area contributed by atoms with Gasteiger partial charge in [0.15, 0.2) is 11.5 Å². The van der Waals surface area contributed by atoms with E-state index in [4.69, 9.17) is 14.5 Å². The van der Waals surface area contributed by atoms with Gasteiger partial charge in [0.1, 0.15) is 17.7 Å². The smallest absolute Gasteiger partial charge is 0.162 e. The Morgan fingerprint density at radius 3 is 2.62 bits per heavy atom. The molecule has 4 rings (SSSR count). The molecule has 3 aromatic rings. The molecule has 0 saturated carbocycles. The molecular weight excluding hydrogens is 475 g/mol. The minimum absolute atomic E-state index is 0.0799. The molecular formula is C25H24BrFN2O3. The van der Waals surface area contributed by atoms with Gasteiger partial charge in [-0.25, -0.2) is 4.39 Å². The average molecular weight is 499 g/mol. The number of methoxy groups -OCH3 is 1. The van der Waals surface area contributed by atoms with Gasteiger partial charge < -0.3 is 14.6 Å². The lowest BCUT2D eigenvalue weighted by atomic mass is 9.93. The second-order valence-corrected chi connectivity index (χ2v) is 8.34. The Morgan fingerprint density at radius 1 is 1.12 bits per heavy atom. The molecule has 0 aromatic heterocycles. The zero-order chi connectivity index (χ0) is 22.7. The fourth-order valence-electron chi connectivity index (χ4n) is 3.84. The van der Waals surface area contributed by atoms with E-state index in [1.54, 1.807) is 25.3 Å². The van der Waals surface area contributed by atoms with Gasteiger partial charge in [-0.3, -0.25) is 10.3 Å². The van der Waals surface area contributed by atoms with Crippen molar-refractivity contribution in [3.8, 4) is 17.2 Å². The molecule has 0 radical (unpaired) electrons. The monoisotopic (exact) mass is 498 g/mol. The van der Waals surface area contributed by atoms with Crippen molar-refractivity contribution in [2.24, 2.45) is 4.99 Å². The number of para-hydroxylation sites is 1. The summed E-state index contributed by atoms with van der Waals surface area (Å²) in [5.74, 6) is 0.898. The summed E-state index contributed by atoms with van der Waals surface area (Å²) in [6, 6.07) is 17.5. The Morgan fingerprint density at radius 2 is 1.91 bits per heavy atom. The minimum Gasteiger partial charge on any atom is -0.504 e. The van der Waals surface area contributed by atoms with Gasteiger partial charge in [-0.15, -0.1) is 0 Å². The molecule has 0 fully saturated rings. The third-order valence-corrected chi connectivity index (χ3v) is 5.92. The fraction of sp³-hybridized carbons (Fsp3) is 0.240. The van der Waals surface area contributed by atoms with E-state index in [-0.39, 0.29) is 17.6 Å². The Kier molecular flexibility index (Phi) is 6.77. The molecule has 2 unspecified atom stereocenters. The second-order valence-electron chi connectivity index (χ2n) is 7.42. The molecule has 1 heterocycles. The molecule has 2 N–H and O–H groups in total. The zero-order valence-corrected chi connectivity index (χ0v) is 19.4. The summed E-state index contributed by atoms with van der Waals surface area (Å²) in [5.41, 5.74) is 2.83. The Bertz CT molecular complexity index is 1130. The maximum absolute atomic E-state index is 14.7. The molecule has 1 aliphatic heterocycles. The van der Waals surface area contributed by atoms with Gasteiger partial charge in [-0.1, -0.05) is 28.1 Å². The molecule has 5 nitrogen and oxygen atoms in total. The highest BCUT2D eigenvalue weighted by molar-refractivity contribution is 9.10. The highest BCUT2D eigenvalue weighted by Crippen LogP contribution is 2.39. The third kappa shape index (κ3) is 4.64. The van der Waals surface area contributed by atoms with Crippen LogP contribution in [0.1, 0.15) is 42.2 Å². The first kappa shape index (κ1) is 22.3.